The number of H-pyrrole nitrogens is 2. The second kappa shape index (κ2) is 3.85. The highest BCUT2D eigenvalue weighted by Gasteiger charge is 2.02. The molecule has 0 aliphatic rings. The smallest absolute Gasteiger partial charge is 0.313 e. The molecule has 4 nitrogen and oxygen atoms in total. The molecule has 72 valence electrons. The first kappa shape index (κ1) is 9.29. The van der Waals surface area contributed by atoms with E-state index in [2.05, 4.69) is 9.97 Å². The van der Waals surface area contributed by atoms with E-state index in [-0.39, 0.29) is 5.56 Å². The first-order chi connectivity index (χ1) is 6.75. The average Bonchev–Trinajstić information content (AvgIpc) is 2.62. The lowest BCUT2D eigenvalue weighted by Crippen LogP contribution is -2.22. The van der Waals surface area contributed by atoms with Crippen LogP contribution in [0.15, 0.2) is 42.4 Å². The van der Waals surface area contributed by atoms with Crippen molar-refractivity contribution in [1.29, 1.82) is 0 Å². The van der Waals surface area contributed by atoms with Crippen molar-refractivity contribution in [1.82, 2.24) is 9.97 Å². The molecule has 0 aliphatic heterocycles. The van der Waals surface area contributed by atoms with E-state index in [1.165, 1.54) is 18.0 Å². The highest BCUT2D eigenvalue weighted by molar-refractivity contribution is 8.01. The maximum atomic E-state index is 11.3. The van der Waals surface area contributed by atoms with Gasteiger partial charge in [0.1, 0.15) is 0 Å². The van der Waals surface area contributed by atoms with Crippen molar-refractivity contribution in [2.24, 2.45) is 0 Å². The van der Waals surface area contributed by atoms with Crippen LogP contribution in [0.3, 0.4) is 0 Å². The Morgan fingerprint density at radius 1 is 1.36 bits per heavy atom. The van der Waals surface area contributed by atoms with Gasteiger partial charge in [0.2, 0.25) is 0 Å². The first-order valence-corrected chi connectivity index (χ1v) is 5.49. The maximum absolute atomic E-state index is 11.3. The van der Waals surface area contributed by atoms with E-state index >= 15 is 0 Å². The summed E-state index contributed by atoms with van der Waals surface area (Å²) in [5.41, 5.74) is -0.835. The second-order valence-electron chi connectivity index (χ2n) is 2.47. The van der Waals surface area contributed by atoms with Crippen LogP contribution in [-0.2, 0) is 0 Å². The lowest BCUT2D eigenvalue weighted by Gasteiger charge is -1.94. The highest BCUT2D eigenvalue weighted by atomic mass is 32.2. The summed E-state index contributed by atoms with van der Waals surface area (Å²) >= 11 is 2.88. The molecule has 0 fully saturated rings. The van der Waals surface area contributed by atoms with Gasteiger partial charge in [-0.05, 0) is 11.4 Å². The van der Waals surface area contributed by atoms with Crippen LogP contribution in [0.2, 0.25) is 0 Å². The molecule has 0 radical (unpaired) electrons. The molecule has 0 aliphatic carbocycles. The molecule has 0 spiro atoms. The quantitative estimate of drug-likeness (QED) is 0.810. The molecule has 0 amide bonds. The van der Waals surface area contributed by atoms with Gasteiger partial charge in [-0.1, -0.05) is 17.8 Å². The summed E-state index contributed by atoms with van der Waals surface area (Å²) < 4.78 is 1.02. The molecular weight excluding hydrogens is 220 g/mol. The standard InChI is InChI=1S/C8H6N2O2S2/c11-7-5(4-9-8(12)10-7)14-6-2-1-3-13-6/h1-4H,(H2,9,10,11,12). The van der Waals surface area contributed by atoms with Crippen LogP contribution in [0.25, 0.3) is 0 Å². The number of hydrogen-bond acceptors (Lipinski definition) is 4. The Labute approximate surface area is 87.0 Å². The number of aromatic amines is 2. The van der Waals surface area contributed by atoms with Gasteiger partial charge in [-0.15, -0.1) is 11.3 Å². The predicted molar refractivity (Wildman–Crippen MR) is 56.1 cm³/mol. The largest absolute Gasteiger partial charge is 0.325 e. The van der Waals surface area contributed by atoms with Crippen molar-refractivity contribution in [3.8, 4) is 0 Å². The lowest BCUT2D eigenvalue weighted by atomic mass is 10.7. The summed E-state index contributed by atoms with van der Waals surface area (Å²) in [6, 6.07) is 3.83. The molecule has 2 heterocycles. The zero-order chi connectivity index (χ0) is 9.97. The molecule has 2 rings (SSSR count). The minimum atomic E-state index is -0.481. The summed E-state index contributed by atoms with van der Waals surface area (Å²) in [5, 5.41) is 1.93. The molecule has 0 atom stereocenters. The third kappa shape index (κ3) is 1.97. The molecule has 6 heteroatoms. The van der Waals surface area contributed by atoms with E-state index in [1.807, 2.05) is 17.5 Å². The Balaban J connectivity index is 2.35. The molecule has 14 heavy (non-hydrogen) atoms. The minimum Gasteiger partial charge on any atom is -0.313 e. The van der Waals surface area contributed by atoms with E-state index in [9.17, 15) is 9.59 Å². The third-order valence-corrected chi connectivity index (χ3v) is 3.55. The van der Waals surface area contributed by atoms with Gasteiger partial charge in [0.15, 0.2) is 0 Å². The Hall–Kier alpha value is -1.27. The van der Waals surface area contributed by atoms with Crippen molar-refractivity contribution in [2.75, 3.05) is 0 Å². The summed E-state index contributed by atoms with van der Waals surface area (Å²) in [7, 11) is 0. The van der Waals surface area contributed by atoms with Gasteiger partial charge < -0.3 is 4.98 Å². The monoisotopic (exact) mass is 226 g/mol. The number of hydrogen-bond donors (Lipinski definition) is 2. The SMILES string of the molecule is O=c1[nH]cc(Sc2cccs2)c(=O)[nH]1. The van der Waals surface area contributed by atoms with Crippen molar-refractivity contribution in [3.05, 3.63) is 44.5 Å². The number of rotatable bonds is 2. The topological polar surface area (TPSA) is 65.7 Å². The summed E-state index contributed by atoms with van der Waals surface area (Å²) in [4.78, 5) is 27.1. The Morgan fingerprint density at radius 2 is 2.21 bits per heavy atom. The van der Waals surface area contributed by atoms with Crippen LogP contribution >= 0.6 is 23.1 Å². The molecule has 2 N–H and O–H groups in total. The van der Waals surface area contributed by atoms with Crippen LogP contribution in [0.1, 0.15) is 0 Å². The molecular formula is C8H6N2O2S2. The molecule has 2 aromatic rings. The molecule has 0 saturated carbocycles. The average molecular weight is 226 g/mol. The van der Waals surface area contributed by atoms with Gasteiger partial charge in [-0.25, -0.2) is 4.79 Å². The van der Waals surface area contributed by atoms with E-state index in [1.54, 1.807) is 11.3 Å². The minimum absolute atomic E-state index is 0.354. The Bertz CT molecular complexity index is 527. The Kier molecular flexibility index (Phi) is 2.55. The molecule has 2 aromatic heterocycles. The number of thiophene rings is 1. The second-order valence-corrected chi connectivity index (χ2v) is 4.76. The van der Waals surface area contributed by atoms with Crippen LogP contribution in [0, 0.1) is 0 Å². The maximum Gasteiger partial charge on any atom is 0.325 e. The number of aromatic nitrogens is 2. The van der Waals surface area contributed by atoms with Gasteiger partial charge in [-0.3, -0.25) is 9.78 Å². The van der Waals surface area contributed by atoms with E-state index in [0.717, 1.165) is 4.21 Å². The van der Waals surface area contributed by atoms with Crippen LogP contribution in [-0.4, -0.2) is 9.97 Å². The van der Waals surface area contributed by atoms with Crippen molar-refractivity contribution in [3.63, 3.8) is 0 Å². The highest BCUT2D eigenvalue weighted by Crippen LogP contribution is 2.27. The summed E-state index contributed by atoms with van der Waals surface area (Å²) in [6.45, 7) is 0. The van der Waals surface area contributed by atoms with Gasteiger partial charge in [0.25, 0.3) is 5.56 Å². The van der Waals surface area contributed by atoms with Gasteiger partial charge >= 0.3 is 5.69 Å². The van der Waals surface area contributed by atoms with Crippen molar-refractivity contribution in [2.45, 2.75) is 9.10 Å². The van der Waals surface area contributed by atoms with Gasteiger partial charge in [-0.2, -0.15) is 0 Å². The van der Waals surface area contributed by atoms with Crippen molar-refractivity contribution < 1.29 is 0 Å². The summed E-state index contributed by atoms with van der Waals surface area (Å²) in [5.74, 6) is 0. The fourth-order valence-electron chi connectivity index (χ4n) is 0.903. The molecule has 0 unspecified atom stereocenters. The van der Waals surface area contributed by atoms with E-state index in [4.69, 9.17) is 0 Å². The van der Waals surface area contributed by atoms with Gasteiger partial charge in [0.05, 0.1) is 9.10 Å². The van der Waals surface area contributed by atoms with Crippen LogP contribution in [0.4, 0.5) is 0 Å². The zero-order valence-corrected chi connectivity index (χ0v) is 8.58. The summed E-state index contributed by atoms with van der Waals surface area (Å²) in [6.07, 6.45) is 1.42. The third-order valence-electron chi connectivity index (χ3n) is 1.49. The Morgan fingerprint density at radius 3 is 2.86 bits per heavy atom. The molecule has 0 aromatic carbocycles. The molecule has 0 bridgehead atoms. The predicted octanol–water partition coefficient (Wildman–Crippen LogP) is 1.28. The normalized spacial score (nSPS) is 10.3. The van der Waals surface area contributed by atoms with Crippen molar-refractivity contribution >= 4 is 23.1 Å². The zero-order valence-electron chi connectivity index (χ0n) is 6.94. The number of nitrogens with one attached hydrogen (secondary N) is 2. The van der Waals surface area contributed by atoms with E-state index < -0.39 is 5.69 Å². The van der Waals surface area contributed by atoms with Crippen LogP contribution < -0.4 is 11.2 Å². The fourth-order valence-corrected chi connectivity index (χ4v) is 2.60. The molecule has 0 saturated heterocycles. The van der Waals surface area contributed by atoms with Crippen LogP contribution in [0.5, 0.6) is 0 Å². The van der Waals surface area contributed by atoms with Gasteiger partial charge in [0, 0.05) is 6.20 Å². The lowest BCUT2D eigenvalue weighted by molar-refractivity contribution is 0.977. The fraction of sp³-hybridized carbons (Fsp3) is 0. The first-order valence-electron chi connectivity index (χ1n) is 3.79. The van der Waals surface area contributed by atoms with E-state index in [0.29, 0.717) is 4.90 Å².